The molecule has 1 aromatic heterocycles. The molecule has 1 atom stereocenters. The second-order valence-corrected chi connectivity index (χ2v) is 17.2. The highest BCUT2D eigenvalue weighted by Gasteiger charge is 2.45. The maximum atomic E-state index is 13.4. The third-order valence-corrected chi connectivity index (χ3v) is 13.4. The van der Waals surface area contributed by atoms with E-state index in [1.165, 1.54) is 0 Å². The number of aromatic nitrogens is 1. The number of hydrogen-bond acceptors (Lipinski definition) is 11. The van der Waals surface area contributed by atoms with Crippen LogP contribution in [0.4, 0.5) is 11.5 Å². The molecule has 2 aromatic carbocycles. The van der Waals surface area contributed by atoms with Gasteiger partial charge in [0.05, 0.1) is 45.6 Å². The summed E-state index contributed by atoms with van der Waals surface area (Å²) in [6.07, 6.45) is 7.73. The first-order valence-electron chi connectivity index (χ1n) is 20.9. The number of anilines is 2. The molecule has 1 unspecified atom stereocenters. The van der Waals surface area contributed by atoms with Crippen LogP contribution in [0.15, 0.2) is 48.5 Å². The van der Waals surface area contributed by atoms with Crippen LogP contribution in [0.2, 0.25) is 5.02 Å². The van der Waals surface area contributed by atoms with Crippen LogP contribution in [0.5, 0.6) is 5.75 Å². The largest absolute Gasteiger partial charge is 0.490 e. The molecule has 59 heavy (non-hydrogen) atoms. The number of carbonyl (C=O) groups excluding carboxylic acids is 5. The minimum Gasteiger partial charge on any atom is -0.490 e. The molecular formula is C44H47ClN8O6. The van der Waals surface area contributed by atoms with Gasteiger partial charge in [-0.05, 0) is 106 Å². The number of nitrogens with zero attached hydrogens (tertiary/aromatic N) is 6. The Morgan fingerprint density at radius 2 is 1.56 bits per heavy atom. The number of nitriles is 1. The van der Waals surface area contributed by atoms with Gasteiger partial charge in [-0.2, -0.15) is 5.26 Å². The molecule has 5 aliphatic heterocycles. The zero-order valence-corrected chi connectivity index (χ0v) is 33.6. The third-order valence-electron chi connectivity index (χ3n) is 13.1. The Kier molecular flexibility index (Phi) is 10.7. The van der Waals surface area contributed by atoms with E-state index in [9.17, 15) is 24.0 Å². The van der Waals surface area contributed by atoms with Crippen molar-refractivity contribution in [1.82, 2.24) is 25.0 Å². The number of piperidine rings is 3. The summed E-state index contributed by atoms with van der Waals surface area (Å²) in [4.78, 5) is 76.7. The number of amides is 5. The van der Waals surface area contributed by atoms with Gasteiger partial charge in [0.25, 0.3) is 17.7 Å². The molecule has 1 saturated carbocycles. The molecule has 2 N–H and O–H groups in total. The van der Waals surface area contributed by atoms with Crippen molar-refractivity contribution in [1.29, 1.82) is 5.26 Å². The van der Waals surface area contributed by atoms with Gasteiger partial charge >= 0.3 is 0 Å². The molecule has 6 aliphatic rings. The first kappa shape index (κ1) is 39.0. The number of halogens is 1. The number of ether oxygens (including phenoxy) is 1. The molecule has 0 radical (unpaired) electrons. The minimum absolute atomic E-state index is 0.0397. The lowest BCUT2D eigenvalue weighted by Gasteiger charge is -2.38. The molecule has 15 heteroatoms. The van der Waals surface area contributed by atoms with E-state index < -0.39 is 23.8 Å². The molecule has 5 amide bonds. The summed E-state index contributed by atoms with van der Waals surface area (Å²) in [6.45, 7) is 5.29. The molecule has 1 aliphatic carbocycles. The van der Waals surface area contributed by atoms with Crippen molar-refractivity contribution >= 4 is 52.6 Å². The quantitative estimate of drug-likeness (QED) is 0.274. The minimum atomic E-state index is -0.969. The highest BCUT2D eigenvalue weighted by molar-refractivity contribution is 6.31. The van der Waals surface area contributed by atoms with Gasteiger partial charge in [-0.15, -0.1) is 0 Å². The van der Waals surface area contributed by atoms with Crippen LogP contribution in [0.3, 0.4) is 0 Å². The van der Waals surface area contributed by atoms with Gasteiger partial charge in [-0.1, -0.05) is 11.6 Å². The predicted molar refractivity (Wildman–Crippen MR) is 218 cm³/mol. The number of rotatable bonds is 9. The number of hydrogen-bond donors (Lipinski definition) is 2. The molecular weight excluding hydrogens is 772 g/mol. The number of benzene rings is 2. The van der Waals surface area contributed by atoms with Crippen molar-refractivity contribution in [3.05, 3.63) is 81.5 Å². The van der Waals surface area contributed by atoms with E-state index >= 15 is 0 Å². The van der Waals surface area contributed by atoms with Gasteiger partial charge in [0.1, 0.15) is 23.7 Å². The number of pyridine rings is 1. The fraction of sp³-hybridized carbons (Fsp3) is 0.477. The predicted octanol–water partition coefficient (Wildman–Crippen LogP) is 5.15. The third kappa shape index (κ3) is 7.85. The van der Waals surface area contributed by atoms with Crippen molar-refractivity contribution in [3.63, 3.8) is 0 Å². The summed E-state index contributed by atoms with van der Waals surface area (Å²) < 4.78 is 6.17. The number of carbonyl (C=O) groups is 5. The van der Waals surface area contributed by atoms with Gasteiger partial charge < -0.3 is 24.8 Å². The van der Waals surface area contributed by atoms with Crippen LogP contribution in [0.1, 0.15) is 107 Å². The van der Waals surface area contributed by atoms with E-state index in [1.807, 2.05) is 23.1 Å². The second-order valence-electron chi connectivity index (χ2n) is 16.8. The SMILES string of the molecule is N#Cc1ccc(O[C@H]2CC[C@H](N3Cc4nc(NC5CCN(CC6CCN(c7ccc8c(c7)C(=O)N(C7CCC(=O)NC7=O)C8=O)CC6)CC5)ccc4C3=O)CC2)cc1Cl. The topological polar surface area (TPSA) is 168 Å². The molecule has 9 rings (SSSR count). The Hall–Kier alpha value is -5.52. The first-order chi connectivity index (χ1) is 28.6. The summed E-state index contributed by atoms with van der Waals surface area (Å²) in [5.41, 5.74) is 3.47. The van der Waals surface area contributed by atoms with Crippen molar-refractivity contribution < 1.29 is 28.7 Å². The Morgan fingerprint density at radius 3 is 2.29 bits per heavy atom. The lowest BCUT2D eigenvalue weighted by molar-refractivity contribution is -0.136. The van der Waals surface area contributed by atoms with Gasteiger partial charge in [-0.25, -0.2) is 4.98 Å². The molecule has 6 heterocycles. The van der Waals surface area contributed by atoms with Crippen molar-refractivity contribution in [2.45, 2.75) is 95.0 Å². The molecule has 0 bridgehead atoms. The molecule has 0 spiro atoms. The normalized spacial score (nSPS) is 24.2. The molecule has 3 saturated heterocycles. The van der Waals surface area contributed by atoms with E-state index in [-0.39, 0.29) is 36.8 Å². The van der Waals surface area contributed by atoms with E-state index in [4.69, 9.17) is 26.6 Å². The van der Waals surface area contributed by atoms with Gasteiger partial charge in [0.2, 0.25) is 11.8 Å². The Morgan fingerprint density at radius 1 is 0.814 bits per heavy atom. The van der Waals surface area contributed by atoms with Gasteiger partial charge in [0, 0.05) is 63.0 Å². The highest BCUT2D eigenvalue weighted by atomic mass is 35.5. The molecule has 14 nitrogen and oxygen atoms in total. The van der Waals surface area contributed by atoms with Gasteiger partial charge in [0.15, 0.2) is 0 Å². The number of imide groups is 2. The highest BCUT2D eigenvalue weighted by Crippen LogP contribution is 2.35. The Labute approximate surface area is 347 Å². The maximum absolute atomic E-state index is 13.4. The fourth-order valence-electron chi connectivity index (χ4n) is 9.77. The standard InChI is InChI=1S/C44H47ClN8O6/c45-36-22-32(5-1-27(36)23-46)59-31-6-2-29(3-7-31)52-25-37-34(42(52)56)9-11-39(48-37)47-28-15-17-50(18-16-28)24-26-13-19-51(20-14-26)30-4-8-33-35(21-30)44(58)53(43(33)57)38-10-12-40(54)49-41(38)55/h1,4-5,8-9,11,21-22,26,28-29,31,38H,2-3,6-7,10,12-20,24-25H2,(H,47,48)(H,49,54,55)/t29-,31-,38?. The van der Waals surface area contributed by atoms with Crippen LogP contribution in [-0.4, -0.2) is 106 Å². The van der Waals surface area contributed by atoms with E-state index in [1.54, 1.807) is 30.3 Å². The zero-order chi connectivity index (χ0) is 40.8. The number of nitrogens with one attached hydrogen (secondary N) is 2. The van der Waals surface area contributed by atoms with Crippen LogP contribution >= 0.6 is 11.6 Å². The molecule has 4 fully saturated rings. The summed E-state index contributed by atoms with van der Waals surface area (Å²) in [5.74, 6) is 0.150. The molecule has 306 valence electrons. The van der Waals surface area contributed by atoms with Crippen LogP contribution in [0, 0.1) is 17.2 Å². The van der Waals surface area contributed by atoms with Crippen molar-refractivity contribution in [3.8, 4) is 11.8 Å². The van der Waals surface area contributed by atoms with E-state index in [2.05, 4.69) is 26.5 Å². The van der Waals surface area contributed by atoms with Crippen LogP contribution in [0.25, 0.3) is 0 Å². The summed E-state index contributed by atoms with van der Waals surface area (Å²) in [5, 5.41) is 15.4. The summed E-state index contributed by atoms with van der Waals surface area (Å²) in [7, 11) is 0. The van der Waals surface area contributed by atoms with E-state index in [0.29, 0.717) is 51.5 Å². The van der Waals surface area contributed by atoms with Crippen LogP contribution < -0.4 is 20.3 Å². The summed E-state index contributed by atoms with van der Waals surface area (Å²) in [6, 6.07) is 15.9. The maximum Gasteiger partial charge on any atom is 0.262 e. The fourth-order valence-corrected chi connectivity index (χ4v) is 9.98. The first-order valence-corrected chi connectivity index (χ1v) is 21.3. The summed E-state index contributed by atoms with van der Waals surface area (Å²) >= 11 is 6.19. The zero-order valence-electron chi connectivity index (χ0n) is 32.8. The second kappa shape index (κ2) is 16.3. The number of likely N-dealkylation sites (tertiary alicyclic amines) is 1. The number of fused-ring (bicyclic) bond motifs is 2. The lowest BCUT2D eigenvalue weighted by atomic mass is 9.92. The van der Waals surface area contributed by atoms with Crippen LogP contribution in [-0.2, 0) is 16.1 Å². The van der Waals surface area contributed by atoms with Crippen molar-refractivity contribution in [2.75, 3.05) is 42.9 Å². The monoisotopic (exact) mass is 818 g/mol. The molecule has 3 aromatic rings. The Bertz CT molecular complexity index is 2240. The van der Waals surface area contributed by atoms with Crippen molar-refractivity contribution in [2.24, 2.45) is 5.92 Å². The average molecular weight is 819 g/mol. The van der Waals surface area contributed by atoms with Gasteiger partial charge in [-0.3, -0.25) is 34.2 Å². The lowest BCUT2D eigenvalue weighted by Crippen LogP contribution is -2.54. The average Bonchev–Trinajstić information content (AvgIpc) is 3.70. The smallest absolute Gasteiger partial charge is 0.262 e. The Balaban J connectivity index is 0.711. The van der Waals surface area contributed by atoms with E-state index in [0.717, 1.165) is 106 Å².